The maximum atomic E-state index is 13.6. The van der Waals surface area contributed by atoms with E-state index in [4.69, 9.17) is 0 Å². The molecule has 0 heterocycles. The molecule has 0 aromatic heterocycles. The molecule has 0 unspecified atom stereocenters. The molecule has 100 valence electrons. The minimum Gasteiger partial charge on any atom is -0.469 e. The van der Waals surface area contributed by atoms with Crippen molar-refractivity contribution < 1.29 is 18.3 Å². The normalized spacial score (nSPS) is 10.3. The summed E-state index contributed by atoms with van der Waals surface area (Å²) in [6.45, 7) is 0.366. The summed E-state index contributed by atoms with van der Waals surface area (Å²) in [5.41, 5.74) is -0.0944. The van der Waals surface area contributed by atoms with Crippen molar-refractivity contribution in [1.29, 1.82) is 0 Å². The lowest BCUT2D eigenvalue weighted by atomic mass is 10.2. The fourth-order valence-corrected chi connectivity index (χ4v) is 1.98. The smallest absolute Gasteiger partial charge is 0.305 e. The Morgan fingerprint density at radius 3 is 2.44 bits per heavy atom. The van der Waals surface area contributed by atoms with Crippen LogP contribution in [0.4, 0.5) is 14.5 Å². The lowest BCUT2D eigenvalue weighted by Gasteiger charge is -2.20. The highest BCUT2D eigenvalue weighted by Gasteiger charge is 2.15. The average molecular weight is 322 g/mol. The van der Waals surface area contributed by atoms with E-state index in [-0.39, 0.29) is 18.1 Å². The summed E-state index contributed by atoms with van der Waals surface area (Å²) in [6.07, 6.45) is 0.693. The largest absolute Gasteiger partial charge is 0.469 e. The quantitative estimate of drug-likeness (QED) is 0.780. The Bertz CT molecular complexity index is 417. The Hall–Kier alpha value is -1.17. The Morgan fingerprint density at radius 2 is 1.94 bits per heavy atom. The van der Waals surface area contributed by atoms with E-state index in [0.29, 0.717) is 17.4 Å². The molecule has 18 heavy (non-hydrogen) atoms. The predicted octanol–water partition coefficient (Wildman–Crippen LogP) is 3.12. The maximum Gasteiger partial charge on any atom is 0.305 e. The molecule has 0 N–H and O–H groups in total. The number of ether oxygens (including phenoxy) is 1. The van der Waals surface area contributed by atoms with E-state index in [1.807, 2.05) is 0 Å². The van der Waals surface area contributed by atoms with E-state index in [2.05, 4.69) is 20.7 Å². The van der Waals surface area contributed by atoms with Crippen molar-refractivity contribution in [2.75, 3.05) is 25.6 Å². The molecule has 0 saturated carbocycles. The lowest BCUT2D eigenvalue weighted by Crippen LogP contribution is -2.22. The lowest BCUT2D eigenvalue weighted by molar-refractivity contribution is -0.140. The van der Waals surface area contributed by atoms with Crippen LogP contribution in [-0.4, -0.2) is 26.7 Å². The summed E-state index contributed by atoms with van der Waals surface area (Å²) in [4.78, 5) is 12.4. The number of nitrogens with zero attached hydrogens (tertiary/aromatic N) is 1. The SMILES string of the molecule is COC(=O)CCCN(C)c1c(F)cc(Br)cc1F. The van der Waals surface area contributed by atoms with E-state index in [9.17, 15) is 13.6 Å². The van der Waals surface area contributed by atoms with Crippen LogP contribution in [0.15, 0.2) is 16.6 Å². The predicted molar refractivity (Wildman–Crippen MR) is 68.6 cm³/mol. The number of rotatable bonds is 5. The van der Waals surface area contributed by atoms with Crippen LogP contribution in [-0.2, 0) is 9.53 Å². The van der Waals surface area contributed by atoms with Crippen LogP contribution in [0.5, 0.6) is 0 Å². The van der Waals surface area contributed by atoms with E-state index < -0.39 is 11.6 Å². The number of esters is 1. The van der Waals surface area contributed by atoms with E-state index in [1.54, 1.807) is 7.05 Å². The molecular weight excluding hydrogens is 308 g/mol. The van der Waals surface area contributed by atoms with Crippen molar-refractivity contribution in [3.63, 3.8) is 0 Å². The van der Waals surface area contributed by atoms with E-state index in [0.717, 1.165) is 0 Å². The molecule has 0 spiro atoms. The number of methoxy groups -OCH3 is 1. The van der Waals surface area contributed by atoms with Crippen LogP contribution < -0.4 is 4.90 Å². The molecule has 0 fully saturated rings. The molecule has 0 aliphatic heterocycles. The van der Waals surface area contributed by atoms with Gasteiger partial charge in [0, 0.05) is 24.5 Å². The molecule has 1 aromatic carbocycles. The Morgan fingerprint density at radius 1 is 1.39 bits per heavy atom. The monoisotopic (exact) mass is 321 g/mol. The van der Waals surface area contributed by atoms with Crippen molar-refractivity contribution in [1.82, 2.24) is 0 Å². The highest BCUT2D eigenvalue weighted by Crippen LogP contribution is 2.26. The number of carbonyl (C=O) groups is 1. The van der Waals surface area contributed by atoms with E-state index >= 15 is 0 Å². The molecule has 0 atom stereocenters. The van der Waals surface area contributed by atoms with Gasteiger partial charge < -0.3 is 9.64 Å². The minimum atomic E-state index is -0.637. The Balaban J connectivity index is 2.67. The third kappa shape index (κ3) is 3.94. The van der Waals surface area contributed by atoms with E-state index in [1.165, 1.54) is 24.1 Å². The first-order chi connectivity index (χ1) is 8.45. The maximum absolute atomic E-state index is 13.6. The molecular formula is C12H14BrF2NO2. The van der Waals surface area contributed by atoms with Crippen LogP contribution in [0.1, 0.15) is 12.8 Å². The average Bonchev–Trinajstić information content (AvgIpc) is 2.27. The molecule has 1 aromatic rings. The van der Waals surface area contributed by atoms with Gasteiger partial charge in [0.25, 0.3) is 0 Å². The standard InChI is InChI=1S/C12H14BrF2NO2/c1-16(5-3-4-11(17)18-2)12-9(14)6-8(13)7-10(12)15/h6-7H,3-5H2,1-2H3. The molecule has 3 nitrogen and oxygen atoms in total. The summed E-state index contributed by atoms with van der Waals surface area (Å²) in [5, 5.41) is 0. The van der Waals surface area contributed by atoms with Gasteiger partial charge >= 0.3 is 5.97 Å². The van der Waals surface area contributed by atoms with Crippen LogP contribution in [0.2, 0.25) is 0 Å². The molecule has 0 radical (unpaired) electrons. The van der Waals surface area contributed by atoms with Gasteiger partial charge in [-0.15, -0.1) is 0 Å². The molecule has 0 saturated heterocycles. The molecule has 0 amide bonds. The van der Waals surface area contributed by atoms with Crippen molar-refractivity contribution in [3.8, 4) is 0 Å². The second kappa shape index (κ2) is 6.68. The molecule has 6 heteroatoms. The van der Waals surface area contributed by atoms with Crippen molar-refractivity contribution in [2.24, 2.45) is 0 Å². The first-order valence-electron chi connectivity index (χ1n) is 5.38. The van der Waals surface area contributed by atoms with Crippen LogP contribution in [0, 0.1) is 11.6 Å². The van der Waals surface area contributed by atoms with Crippen LogP contribution in [0.3, 0.4) is 0 Å². The Labute approximate surface area is 113 Å². The third-order valence-electron chi connectivity index (χ3n) is 2.47. The molecule has 0 aliphatic carbocycles. The minimum absolute atomic E-state index is 0.0944. The molecule has 0 aliphatic rings. The van der Waals surface area contributed by atoms with Gasteiger partial charge in [0.05, 0.1) is 7.11 Å². The second-order valence-electron chi connectivity index (χ2n) is 3.82. The summed E-state index contributed by atoms with van der Waals surface area (Å²) in [7, 11) is 2.88. The number of anilines is 1. The third-order valence-corrected chi connectivity index (χ3v) is 2.92. The summed E-state index contributed by atoms with van der Waals surface area (Å²) in [5.74, 6) is -1.61. The fraction of sp³-hybridized carbons (Fsp3) is 0.417. The van der Waals surface area contributed by atoms with Gasteiger partial charge in [-0.2, -0.15) is 0 Å². The second-order valence-corrected chi connectivity index (χ2v) is 4.73. The van der Waals surface area contributed by atoms with Gasteiger partial charge in [0.15, 0.2) is 11.6 Å². The van der Waals surface area contributed by atoms with Gasteiger partial charge in [-0.25, -0.2) is 8.78 Å². The van der Waals surface area contributed by atoms with Crippen molar-refractivity contribution in [3.05, 3.63) is 28.2 Å². The highest BCUT2D eigenvalue weighted by atomic mass is 79.9. The van der Waals surface area contributed by atoms with Gasteiger partial charge in [-0.1, -0.05) is 15.9 Å². The molecule has 0 bridgehead atoms. The molecule has 1 rings (SSSR count). The summed E-state index contributed by atoms with van der Waals surface area (Å²) in [6, 6.07) is 2.41. The zero-order valence-electron chi connectivity index (χ0n) is 10.2. The number of halogens is 3. The fourth-order valence-electron chi connectivity index (χ4n) is 1.57. The number of hydrogen-bond acceptors (Lipinski definition) is 3. The van der Waals surface area contributed by atoms with Gasteiger partial charge in [0.2, 0.25) is 0 Å². The number of carbonyl (C=O) groups excluding carboxylic acids is 1. The summed E-state index contributed by atoms with van der Waals surface area (Å²) >= 11 is 3.02. The van der Waals surface area contributed by atoms with Crippen molar-refractivity contribution in [2.45, 2.75) is 12.8 Å². The van der Waals surface area contributed by atoms with Gasteiger partial charge in [-0.05, 0) is 18.6 Å². The highest BCUT2D eigenvalue weighted by molar-refractivity contribution is 9.10. The van der Waals surface area contributed by atoms with Gasteiger partial charge in [-0.3, -0.25) is 4.79 Å². The van der Waals surface area contributed by atoms with Crippen LogP contribution >= 0.6 is 15.9 Å². The zero-order valence-corrected chi connectivity index (χ0v) is 11.8. The van der Waals surface area contributed by atoms with Gasteiger partial charge in [0.1, 0.15) is 5.69 Å². The first kappa shape index (κ1) is 14.9. The first-order valence-corrected chi connectivity index (χ1v) is 6.17. The number of benzene rings is 1. The number of hydrogen-bond donors (Lipinski definition) is 0. The zero-order chi connectivity index (χ0) is 13.7. The van der Waals surface area contributed by atoms with Crippen molar-refractivity contribution >= 4 is 27.6 Å². The Kier molecular flexibility index (Phi) is 5.53. The topological polar surface area (TPSA) is 29.5 Å². The van der Waals surface area contributed by atoms with Crippen LogP contribution in [0.25, 0.3) is 0 Å². The summed E-state index contributed by atoms with van der Waals surface area (Å²) < 4.78 is 32.1.